The normalized spacial score (nSPS) is 17.3. The Morgan fingerprint density at radius 2 is 1.69 bits per heavy atom. The highest BCUT2D eigenvalue weighted by Crippen LogP contribution is 2.36. The molecule has 0 atom stereocenters. The van der Waals surface area contributed by atoms with E-state index in [0.717, 1.165) is 5.56 Å². The minimum absolute atomic E-state index is 0.106. The Morgan fingerprint density at radius 1 is 1.09 bits per heavy atom. The molecular weight excluding hydrogens is 453 g/mol. The first-order valence-corrected chi connectivity index (χ1v) is 11.1. The summed E-state index contributed by atoms with van der Waals surface area (Å²) in [6.07, 6.45) is 0.520. The standard InChI is InChI=1S/C23H27Cl2N3O4/c1-14-19(20(25)27(26-14)12-15-8-6-7-9-17(15)24)21(31)32-13-18(30)28-22(2,3)10-16(29)11-23(28,4)5/h6-9H,10-13H2,1-5H3. The number of carbonyl (C=O) groups excluding carboxylic acids is 3. The van der Waals surface area contributed by atoms with Gasteiger partial charge in [-0.05, 0) is 46.2 Å². The number of ether oxygens (including phenoxy) is 1. The SMILES string of the molecule is Cc1nn(Cc2ccccc2Cl)c(Cl)c1C(=O)OCC(=O)N1C(C)(C)CC(=O)CC1(C)C. The van der Waals surface area contributed by atoms with Crippen LogP contribution in [-0.2, 0) is 20.9 Å². The molecule has 7 nitrogen and oxygen atoms in total. The number of Topliss-reactive ketones (excluding diaryl/α,β-unsaturated/α-hetero) is 1. The number of aryl methyl sites for hydroxylation is 1. The van der Waals surface area contributed by atoms with E-state index in [4.69, 9.17) is 27.9 Å². The van der Waals surface area contributed by atoms with Crippen LogP contribution in [0.25, 0.3) is 0 Å². The van der Waals surface area contributed by atoms with E-state index in [2.05, 4.69) is 5.10 Å². The molecule has 2 aromatic rings. The van der Waals surface area contributed by atoms with Gasteiger partial charge in [0.15, 0.2) is 6.61 Å². The summed E-state index contributed by atoms with van der Waals surface area (Å²) in [7, 11) is 0. The number of likely N-dealkylation sites (tertiary alicyclic amines) is 1. The smallest absolute Gasteiger partial charge is 0.343 e. The van der Waals surface area contributed by atoms with Gasteiger partial charge in [0.05, 0.1) is 12.2 Å². The molecule has 0 spiro atoms. The zero-order valence-corrected chi connectivity index (χ0v) is 20.4. The minimum atomic E-state index is -0.727. The van der Waals surface area contributed by atoms with Crippen LogP contribution in [0, 0.1) is 6.92 Å². The molecule has 0 aliphatic carbocycles. The molecule has 2 heterocycles. The summed E-state index contributed by atoms with van der Waals surface area (Å²) >= 11 is 12.6. The molecule has 1 saturated heterocycles. The molecule has 0 N–H and O–H groups in total. The molecule has 1 aromatic heterocycles. The molecule has 1 amide bonds. The van der Waals surface area contributed by atoms with Gasteiger partial charge in [-0.25, -0.2) is 9.48 Å². The van der Waals surface area contributed by atoms with Crippen molar-refractivity contribution in [2.75, 3.05) is 6.61 Å². The summed E-state index contributed by atoms with van der Waals surface area (Å²) in [5, 5.41) is 5.01. The highest BCUT2D eigenvalue weighted by molar-refractivity contribution is 6.33. The molecule has 1 fully saturated rings. The molecule has 0 bridgehead atoms. The van der Waals surface area contributed by atoms with Crippen molar-refractivity contribution < 1.29 is 19.1 Å². The second kappa shape index (κ2) is 8.87. The number of benzene rings is 1. The summed E-state index contributed by atoms with van der Waals surface area (Å²) in [4.78, 5) is 39.5. The summed E-state index contributed by atoms with van der Waals surface area (Å²) in [5.41, 5.74) is -0.0359. The van der Waals surface area contributed by atoms with Crippen LogP contribution >= 0.6 is 23.2 Å². The number of hydrogen-bond acceptors (Lipinski definition) is 5. The highest BCUT2D eigenvalue weighted by atomic mass is 35.5. The van der Waals surface area contributed by atoms with Crippen molar-refractivity contribution in [2.45, 2.75) is 65.1 Å². The molecule has 1 aromatic carbocycles. The fourth-order valence-corrected chi connectivity index (χ4v) is 5.13. The van der Waals surface area contributed by atoms with E-state index in [9.17, 15) is 14.4 Å². The van der Waals surface area contributed by atoms with Crippen LogP contribution in [0.3, 0.4) is 0 Å². The topological polar surface area (TPSA) is 81.5 Å². The maximum absolute atomic E-state index is 13.0. The van der Waals surface area contributed by atoms with Crippen LogP contribution in [0.2, 0.25) is 10.2 Å². The number of esters is 1. The van der Waals surface area contributed by atoms with Gasteiger partial charge in [0, 0.05) is 28.9 Å². The summed E-state index contributed by atoms with van der Waals surface area (Å²) in [6.45, 7) is 8.84. The van der Waals surface area contributed by atoms with Crippen molar-refractivity contribution >= 4 is 40.9 Å². The Labute approximate surface area is 197 Å². The second-order valence-corrected chi connectivity index (χ2v) is 10.1. The van der Waals surface area contributed by atoms with E-state index in [-0.39, 0.29) is 41.8 Å². The van der Waals surface area contributed by atoms with E-state index in [1.54, 1.807) is 17.9 Å². The monoisotopic (exact) mass is 479 g/mol. The predicted molar refractivity (Wildman–Crippen MR) is 122 cm³/mol. The zero-order chi connectivity index (χ0) is 23.8. The number of halogens is 2. The predicted octanol–water partition coefficient (Wildman–Crippen LogP) is 4.45. The molecule has 0 unspecified atom stereocenters. The van der Waals surface area contributed by atoms with E-state index in [1.807, 2.05) is 45.9 Å². The lowest BCUT2D eigenvalue weighted by Crippen LogP contribution is -2.63. The Balaban J connectivity index is 1.74. The van der Waals surface area contributed by atoms with E-state index >= 15 is 0 Å². The fraction of sp³-hybridized carbons (Fsp3) is 0.478. The van der Waals surface area contributed by atoms with E-state index in [1.165, 1.54) is 4.68 Å². The average Bonchev–Trinajstić information content (AvgIpc) is 2.92. The van der Waals surface area contributed by atoms with Gasteiger partial charge in [-0.15, -0.1) is 0 Å². The third kappa shape index (κ3) is 4.84. The van der Waals surface area contributed by atoms with E-state index in [0.29, 0.717) is 10.7 Å². The first-order valence-electron chi connectivity index (χ1n) is 10.3. The van der Waals surface area contributed by atoms with Gasteiger partial charge in [0.25, 0.3) is 5.91 Å². The van der Waals surface area contributed by atoms with Crippen molar-refractivity contribution in [1.29, 1.82) is 0 Å². The average molecular weight is 480 g/mol. The Hall–Kier alpha value is -2.38. The van der Waals surface area contributed by atoms with Crippen molar-refractivity contribution in [3.63, 3.8) is 0 Å². The molecular formula is C23H27Cl2N3O4. The molecule has 32 heavy (non-hydrogen) atoms. The molecule has 172 valence electrons. The number of rotatable bonds is 5. The van der Waals surface area contributed by atoms with Gasteiger partial charge in [-0.3, -0.25) is 9.59 Å². The number of amides is 1. The van der Waals surface area contributed by atoms with E-state index < -0.39 is 23.7 Å². The largest absolute Gasteiger partial charge is 0.452 e. The van der Waals surface area contributed by atoms with Crippen LogP contribution in [0.5, 0.6) is 0 Å². The quantitative estimate of drug-likeness (QED) is 0.591. The first-order chi connectivity index (χ1) is 14.8. The Kier molecular flexibility index (Phi) is 6.72. The minimum Gasteiger partial charge on any atom is -0.452 e. The number of aromatic nitrogens is 2. The van der Waals surface area contributed by atoms with Gasteiger partial charge in [-0.2, -0.15) is 5.10 Å². The number of nitrogens with zero attached hydrogens (tertiary/aromatic N) is 3. The van der Waals surface area contributed by atoms with Crippen LogP contribution in [0.1, 0.15) is 62.2 Å². The summed E-state index contributed by atoms with van der Waals surface area (Å²) in [5.74, 6) is -0.984. The third-order valence-corrected chi connectivity index (χ3v) is 6.35. The highest BCUT2D eigenvalue weighted by Gasteiger charge is 2.47. The molecule has 0 radical (unpaired) electrons. The number of carbonyl (C=O) groups is 3. The number of hydrogen-bond donors (Lipinski definition) is 0. The van der Waals surface area contributed by atoms with Crippen LogP contribution in [0.15, 0.2) is 24.3 Å². The Bertz CT molecular complexity index is 1060. The lowest BCUT2D eigenvalue weighted by atomic mass is 9.79. The Morgan fingerprint density at radius 3 is 2.28 bits per heavy atom. The van der Waals surface area contributed by atoms with Gasteiger partial charge in [0.1, 0.15) is 16.5 Å². The van der Waals surface area contributed by atoms with Gasteiger partial charge in [0.2, 0.25) is 0 Å². The van der Waals surface area contributed by atoms with Crippen LogP contribution < -0.4 is 0 Å². The van der Waals surface area contributed by atoms with Gasteiger partial charge >= 0.3 is 5.97 Å². The van der Waals surface area contributed by atoms with Crippen molar-refractivity contribution in [1.82, 2.24) is 14.7 Å². The lowest BCUT2D eigenvalue weighted by molar-refractivity contribution is -0.156. The van der Waals surface area contributed by atoms with Gasteiger partial charge in [-0.1, -0.05) is 41.4 Å². The maximum atomic E-state index is 13.0. The van der Waals surface area contributed by atoms with Gasteiger partial charge < -0.3 is 9.64 Å². The second-order valence-electron chi connectivity index (χ2n) is 9.32. The first kappa shape index (κ1) is 24.3. The fourth-order valence-electron chi connectivity index (χ4n) is 4.62. The summed E-state index contributed by atoms with van der Waals surface area (Å²) in [6, 6.07) is 7.28. The molecule has 1 aliphatic rings. The third-order valence-electron chi connectivity index (χ3n) is 5.59. The van der Waals surface area contributed by atoms with Crippen molar-refractivity contribution in [2.24, 2.45) is 0 Å². The number of piperidine rings is 1. The lowest BCUT2D eigenvalue weighted by Gasteiger charge is -2.51. The van der Waals surface area contributed by atoms with Crippen molar-refractivity contribution in [3.8, 4) is 0 Å². The number of ketones is 1. The summed E-state index contributed by atoms with van der Waals surface area (Å²) < 4.78 is 6.80. The zero-order valence-electron chi connectivity index (χ0n) is 18.9. The molecule has 0 saturated carbocycles. The molecule has 1 aliphatic heterocycles. The van der Waals surface area contributed by atoms with Crippen molar-refractivity contribution in [3.05, 3.63) is 51.3 Å². The molecule has 9 heteroatoms. The molecule has 3 rings (SSSR count). The van der Waals surface area contributed by atoms with Crippen LogP contribution in [0.4, 0.5) is 0 Å². The maximum Gasteiger partial charge on any atom is 0.343 e. The van der Waals surface area contributed by atoms with Crippen LogP contribution in [-0.4, -0.2) is 50.0 Å².